The number of carbonyl (C=O) groups excluding carboxylic acids is 1. The molecule has 1 atom stereocenters. The summed E-state index contributed by atoms with van der Waals surface area (Å²) in [5.41, 5.74) is 1.24. The van der Waals surface area contributed by atoms with Crippen molar-refractivity contribution in [1.29, 1.82) is 0 Å². The molecule has 2 amide bonds. The van der Waals surface area contributed by atoms with Gasteiger partial charge >= 0.3 is 6.03 Å². The standard InChI is InChI=1S/C31H38N4O2/c1-20(2)19-34(30(37)33-31-16-22-13-23(17-31)15-24(14-22)18-31)21(3)28-32-27-12-8-7-11-26(27)29(36)35(28)25-9-5-4-6-10-25/h4-12,20-24H,13-19H2,1-3H3,(H,33,37). The summed E-state index contributed by atoms with van der Waals surface area (Å²) >= 11 is 0. The summed E-state index contributed by atoms with van der Waals surface area (Å²) in [6.45, 7) is 6.88. The zero-order valence-electron chi connectivity index (χ0n) is 22.2. The molecule has 37 heavy (non-hydrogen) atoms. The highest BCUT2D eigenvalue weighted by Gasteiger charge is 2.52. The zero-order valence-corrected chi connectivity index (χ0v) is 22.2. The maximum Gasteiger partial charge on any atom is 0.318 e. The average molecular weight is 499 g/mol. The van der Waals surface area contributed by atoms with Crippen molar-refractivity contribution < 1.29 is 4.79 Å². The van der Waals surface area contributed by atoms with Crippen LogP contribution in [0.4, 0.5) is 4.79 Å². The smallest absolute Gasteiger partial charge is 0.318 e. The first kappa shape index (κ1) is 24.2. The van der Waals surface area contributed by atoms with Crippen LogP contribution >= 0.6 is 0 Å². The Balaban J connectivity index is 1.39. The van der Waals surface area contributed by atoms with Crippen LogP contribution in [0.3, 0.4) is 0 Å². The van der Waals surface area contributed by atoms with Crippen LogP contribution in [0.5, 0.6) is 0 Å². The van der Waals surface area contributed by atoms with Crippen molar-refractivity contribution >= 4 is 16.9 Å². The third-order valence-corrected chi connectivity index (χ3v) is 8.89. The Hall–Kier alpha value is -3.15. The molecule has 4 aliphatic rings. The molecule has 2 aromatic carbocycles. The van der Waals surface area contributed by atoms with E-state index in [1.165, 1.54) is 19.3 Å². The Morgan fingerprint density at radius 2 is 1.57 bits per heavy atom. The lowest BCUT2D eigenvalue weighted by Crippen LogP contribution is -2.62. The van der Waals surface area contributed by atoms with Crippen molar-refractivity contribution in [3.63, 3.8) is 0 Å². The van der Waals surface area contributed by atoms with Gasteiger partial charge in [0.05, 0.1) is 22.6 Å². The first-order valence-corrected chi connectivity index (χ1v) is 14.0. The van der Waals surface area contributed by atoms with Crippen LogP contribution < -0.4 is 10.9 Å². The number of aromatic nitrogens is 2. The Labute approximate surface area is 219 Å². The summed E-state index contributed by atoms with van der Waals surface area (Å²) in [6, 6.07) is 16.7. The SMILES string of the molecule is CC(C)CN(C(=O)NC12CC3CC(CC(C3)C1)C2)C(C)c1nc2ccccc2c(=O)n1-c1ccccc1. The number of benzene rings is 2. The molecule has 1 heterocycles. The first-order valence-electron chi connectivity index (χ1n) is 14.0. The van der Waals surface area contributed by atoms with Gasteiger partial charge < -0.3 is 10.2 Å². The molecule has 1 N–H and O–H groups in total. The minimum absolute atomic E-state index is 0.0230. The molecule has 0 spiro atoms. The molecule has 0 saturated heterocycles. The zero-order chi connectivity index (χ0) is 25.7. The van der Waals surface area contributed by atoms with E-state index in [0.29, 0.717) is 23.3 Å². The molecule has 1 aromatic heterocycles. The van der Waals surface area contributed by atoms with Crippen LogP contribution in [-0.4, -0.2) is 32.6 Å². The number of nitrogens with zero attached hydrogens (tertiary/aromatic N) is 3. The molecular formula is C31H38N4O2. The predicted octanol–water partition coefficient (Wildman–Crippen LogP) is 6.08. The molecule has 6 heteroatoms. The van der Waals surface area contributed by atoms with E-state index < -0.39 is 0 Å². The molecule has 7 rings (SSSR count). The van der Waals surface area contributed by atoms with E-state index in [-0.39, 0.29) is 29.1 Å². The molecule has 4 saturated carbocycles. The van der Waals surface area contributed by atoms with E-state index in [2.05, 4.69) is 19.2 Å². The minimum Gasteiger partial charge on any atom is -0.333 e. The summed E-state index contributed by atoms with van der Waals surface area (Å²) in [5, 5.41) is 4.14. The maximum absolute atomic E-state index is 14.1. The second-order valence-electron chi connectivity index (χ2n) is 12.3. The van der Waals surface area contributed by atoms with Gasteiger partial charge in [-0.2, -0.15) is 0 Å². The number of fused-ring (bicyclic) bond motifs is 1. The van der Waals surface area contributed by atoms with E-state index in [4.69, 9.17) is 4.98 Å². The lowest BCUT2D eigenvalue weighted by molar-refractivity contribution is -0.0166. The molecule has 194 valence electrons. The van der Waals surface area contributed by atoms with E-state index in [1.807, 2.05) is 66.4 Å². The van der Waals surface area contributed by atoms with Crippen LogP contribution in [0.25, 0.3) is 16.6 Å². The van der Waals surface area contributed by atoms with Gasteiger partial charge in [-0.05, 0) is 93.4 Å². The number of nitrogens with one attached hydrogen (secondary N) is 1. The van der Waals surface area contributed by atoms with Crippen molar-refractivity contribution in [1.82, 2.24) is 19.8 Å². The minimum atomic E-state index is -0.381. The molecule has 0 aliphatic heterocycles. The lowest BCUT2D eigenvalue weighted by Gasteiger charge is -2.57. The molecule has 0 radical (unpaired) electrons. The lowest BCUT2D eigenvalue weighted by atomic mass is 9.53. The fraction of sp³-hybridized carbons (Fsp3) is 0.516. The van der Waals surface area contributed by atoms with E-state index >= 15 is 0 Å². The van der Waals surface area contributed by atoms with E-state index in [9.17, 15) is 9.59 Å². The number of rotatable bonds is 6. The van der Waals surface area contributed by atoms with Gasteiger partial charge in [0.15, 0.2) is 0 Å². The van der Waals surface area contributed by atoms with Crippen LogP contribution in [-0.2, 0) is 0 Å². The molecule has 4 fully saturated rings. The van der Waals surface area contributed by atoms with Crippen LogP contribution in [0.1, 0.15) is 71.2 Å². The first-order chi connectivity index (χ1) is 17.8. The van der Waals surface area contributed by atoms with Gasteiger partial charge in [-0.25, -0.2) is 9.78 Å². The Morgan fingerprint density at radius 1 is 0.973 bits per heavy atom. The van der Waals surface area contributed by atoms with Crippen LogP contribution in [0, 0.1) is 23.7 Å². The van der Waals surface area contributed by atoms with Gasteiger partial charge in [0, 0.05) is 12.1 Å². The predicted molar refractivity (Wildman–Crippen MR) is 147 cm³/mol. The molecule has 4 aliphatic carbocycles. The topological polar surface area (TPSA) is 67.2 Å². The van der Waals surface area contributed by atoms with Crippen molar-refractivity contribution in [3.05, 3.63) is 70.8 Å². The number of amides is 2. The summed E-state index contributed by atoms with van der Waals surface area (Å²) in [6.07, 6.45) is 7.34. The number of hydrogen-bond donors (Lipinski definition) is 1. The second-order valence-corrected chi connectivity index (χ2v) is 12.3. The number of para-hydroxylation sites is 2. The quantitative estimate of drug-likeness (QED) is 0.448. The highest BCUT2D eigenvalue weighted by Crippen LogP contribution is 2.55. The average Bonchev–Trinajstić information content (AvgIpc) is 2.86. The van der Waals surface area contributed by atoms with Crippen LogP contribution in [0.15, 0.2) is 59.4 Å². The number of hydrogen-bond acceptors (Lipinski definition) is 3. The fourth-order valence-electron chi connectivity index (χ4n) is 7.77. The van der Waals surface area contributed by atoms with Crippen molar-refractivity contribution in [2.45, 2.75) is 70.9 Å². The third-order valence-electron chi connectivity index (χ3n) is 8.89. The van der Waals surface area contributed by atoms with E-state index in [0.717, 1.165) is 42.7 Å². The molecule has 1 unspecified atom stereocenters. The van der Waals surface area contributed by atoms with Gasteiger partial charge in [0.2, 0.25) is 0 Å². The van der Waals surface area contributed by atoms with Gasteiger partial charge in [-0.1, -0.05) is 44.2 Å². The monoisotopic (exact) mass is 498 g/mol. The maximum atomic E-state index is 14.1. The summed E-state index contributed by atoms with van der Waals surface area (Å²) in [4.78, 5) is 34.8. The van der Waals surface area contributed by atoms with E-state index in [1.54, 1.807) is 4.57 Å². The Morgan fingerprint density at radius 3 is 2.19 bits per heavy atom. The summed E-state index contributed by atoms with van der Waals surface area (Å²) in [5.74, 6) is 3.15. The molecular weight excluding hydrogens is 460 g/mol. The van der Waals surface area contributed by atoms with Gasteiger partial charge in [0.1, 0.15) is 5.82 Å². The normalized spacial score (nSPS) is 27.0. The third kappa shape index (κ3) is 4.45. The second kappa shape index (κ2) is 9.30. The van der Waals surface area contributed by atoms with Crippen molar-refractivity contribution in [2.75, 3.05) is 6.54 Å². The Kier molecular flexibility index (Phi) is 6.09. The summed E-state index contributed by atoms with van der Waals surface area (Å²) in [7, 11) is 0. The number of urea groups is 1. The van der Waals surface area contributed by atoms with Crippen LogP contribution in [0.2, 0.25) is 0 Å². The van der Waals surface area contributed by atoms with Crippen molar-refractivity contribution in [3.8, 4) is 5.69 Å². The van der Waals surface area contributed by atoms with Gasteiger partial charge in [0.25, 0.3) is 5.56 Å². The molecule has 3 aromatic rings. The van der Waals surface area contributed by atoms with Crippen molar-refractivity contribution in [2.24, 2.45) is 23.7 Å². The summed E-state index contributed by atoms with van der Waals surface area (Å²) < 4.78 is 1.69. The van der Waals surface area contributed by atoms with Gasteiger partial charge in [-0.15, -0.1) is 0 Å². The molecule has 6 nitrogen and oxygen atoms in total. The number of carbonyl (C=O) groups is 1. The largest absolute Gasteiger partial charge is 0.333 e. The van der Waals surface area contributed by atoms with Gasteiger partial charge in [-0.3, -0.25) is 9.36 Å². The highest BCUT2D eigenvalue weighted by molar-refractivity contribution is 5.78. The highest BCUT2D eigenvalue weighted by atomic mass is 16.2. The molecule has 4 bridgehead atoms. The fourth-order valence-corrected chi connectivity index (χ4v) is 7.77. The Bertz CT molecular complexity index is 1330.